The second-order valence-electron chi connectivity index (χ2n) is 8.01. The third kappa shape index (κ3) is 3.36. The molecule has 11 heteroatoms. The number of rotatable bonds is 5. The number of ether oxygens (including phenoxy) is 1. The van der Waals surface area contributed by atoms with Crippen LogP contribution in [0.5, 0.6) is 0 Å². The highest BCUT2D eigenvalue weighted by atomic mass is 19.4. The molecule has 3 heterocycles. The molecule has 2 atom stereocenters. The van der Waals surface area contributed by atoms with Gasteiger partial charge in [-0.05, 0) is 24.3 Å². The van der Waals surface area contributed by atoms with Crippen LogP contribution in [0.15, 0.2) is 0 Å². The van der Waals surface area contributed by atoms with Crippen LogP contribution in [0.25, 0.3) is 4.85 Å². The number of methoxy groups -OCH3 is 1. The standard InChI is InChI=1S/C19H21F5N4O2/c1-25-15-14-11(3-5-18(14,20)21)16(27-8-10(9-27)7-13(29)30-2)26-17(15)28-6-4-12(28)19(22,23)24/h10,12-13,29H,3-9H2,2H3. The van der Waals surface area contributed by atoms with Crippen LogP contribution in [0.4, 0.5) is 39.3 Å². The predicted molar refractivity (Wildman–Crippen MR) is 97.9 cm³/mol. The number of halogens is 5. The first-order valence-corrected chi connectivity index (χ1v) is 9.68. The highest BCUT2D eigenvalue weighted by Gasteiger charge is 2.52. The van der Waals surface area contributed by atoms with Crippen molar-refractivity contribution in [1.29, 1.82) is 0 Å². The van der Waals surface area contributed by atoms with Gasteiger partial charge in [0, 0.05) is 45.1 Å². The van der Waals surface area contributed by atoms with Crippen molar-refractivity contribution in [2.24, 2.45) is 5.92 Å². The minimum Gasteiger partial charge on any atom is -0.368 e. The maximum atomic E-state index is 14.7. The van der Waals surface area contributed by atoms with E-state index in [1.165, 1.54) is 7.11 Å². The quantitative estimate of drug-likeness (QED) is 0.438. The Hall–Kier alpha value is -2.19. The number of hydrogen-bond acceptors (Lipinski definition) is 5. The molecule has 0 spiro atoms. The molecule has 30 heavy (non-hydrogen) atoms. The molecular weight excluding hydrogens is 411 g/mol. The molecule has 1 aromatic rings. The van der Waals surface area contributed by atoms with E-state index in [1.807, 2.05) is 0 Å². The van der Waals surface area contributed by atoms with Crippen LogP contribution in [-0.2, 0) is 17.1 Å². The Balaban J connectivity index is 1.72. The van der Waals surface area contributed by atoms with E-state index in [9.17, 15) is 27.1 Å². The highest BCUT2D eigenvalue weighted by Crippen LogP contribution is 2.54. The number of hydrogen-bond donors (Lipinski definition) is 1. The van der Waals surface area contributed by atoms with Crippen LogP contribution in [0, 0.1) is 12.5 Å². The van der Waals surface area contributed by atoms with Gasteiger partial charge >= 0.3 is 6.18 Å². The number of anilines is 2. The van der Waals surface area contributed by atoms with Gasteiger partial charge in [-0.3, -0.25) is 0 Å². The summed E-state index contributed by atoms with van der Waals surface area (Å²) in [5.41, 5.74) is -0.715. The predicted octanol–water partition coefficient (Wildman–Crippen LogP) is 3.60. The molecule has 0 aromatic carbocycles. The van der Waals surface area contributed by atoms with E-state index in [4.69, 9.17) is 11.3 Å². The van der Waals surface area contributed by atoms with Crippen LogP contribution in [0.2, 0.25) is 0 Å². The summed E-state index contributed by atoms with van der Waals surface area (Å²) in [7, 11) is 1.37. The van der Waals surface area contributed by atoms with Gasteiger partial charge in [-0.1, -0.05) is 0 Å². The van der Waals surface area contributed by atoms with Crippen molar-refractivity contribution in [3.05, 3.63) is 22.5 Å². The fraction of sp³-hybridized carbons (Fsp3) is 0.684. The topological polar surface area (TPSA) is 53.2 Å². The third-order valence-corrected chi connectivity index (χ3v) is 6.13. The Morgan fingerprint density at radius 3 is 2.57 bits per heavy atom. The Kier molecular flexibility index (Phi) is 5.05. The molecule has 2 fully saturated rings. The van der Waals surface area contributed by atoms with Crippen LogP contribution in [0.1, 0.15) is 30.4 Å². The van der Waals surface area contributed by atoms with Gasteiger partial charge in [0.05, 0.1) is 6.57 Å². The molecule has 1 aromatic heterocycles. The molecule has 0 radical (unpaired) electrons. The van der Waals surface area contributed by atoms with Gasteiger partial charge in [-0.15, -0.1) is 0 Å². The lowest BCUT2D eigenvalue weighted by molar-refractivity contribution is -0.159. The van der Waals surface area contributed by atoms with Crippen molar-refractivity contribution in [2.75, 3.05) is 36.5 Å². The summed E-state index contributed by atoms with van der Waals surface area (Å²) in [6.45, 7) is 8.25. The summed E-state index contributed by atoms with van der Waals surface area (Å²) in [5, 5.41) is 9.60. The summed E-state index contributed by atoms with van der Waals surface area (Å²) < 4.78 is 74.0. The highest BCUT2D eigenvalue weighted by molar-refractivity contribution is 5.80. The van der Waals surface area contributed by atoms with E-state index in [0.29, 0.717) is 19.5 Å². The van der Waals surface area contributed by atoms with Gasteiger partial charge in [-0.2, -0.15) is 13.2 Å². The second-order valence-corrected chi connectivity index (χ2v) is 8.01. The van der Waals surface area contributed by atoms with Crippen LogP contribution in [0.3, 0.4) is 0 Å². The van der Waals surface area contributed by atoms with Crippen molar-refractivity contribution in [2.45, 2.75) is 50.1 Å². The molecule has 4 rings (SSSR count). The Labute approximate surface area is 170 Å². The van der Waals surface area contributed by atoms with Crippen molar-refractivity contribution >= 4 is 17.3 Å². The molecular formula is C19H21F5N4O2. The first-order chi connectivity index (χ1) is 14.1. The van der Waals surface area contributed by atoms with Gasteiger partial charge < -0.3 is 19.6 Å². The van der Waals surface area contributed by atoms with Crippen molar-refractivity contribution in [3.63, 3.8) is 0 Å². The normalized spacial score (nSPS) is 24.1. The molecule has 2 unspecified atom stereocenters. The lowest BCUT2D eigenvalue weighted by Crippen LogP contribution is -2.56. The number of fused-ring (bicyclic) bond motifs is 1. The summed E-state index contributed by atoms with van der Waals surface area (Å²) in [5.74, 6) is -3.32. The van der Waals surface area contributed by atoms with Crippen molar-refractivity contribution in [3.8, 4) is 0 Å². The average molecular weight is 432 g/mol. The number of alkyl halides is 5. The number of aromatic nitrogens is 1. The molecule has 6 nitrogen and oxygen atoms in total. The third-order valence-electron chi connectivity index (χ3n) is 6.13. The summed E-state index contributed by atoms with van der Waals surface area (Å²) >= 11 is 0. The Morgan fingerprint density at radius 1 is 1.33 bits per heavy atom. The SMILES string of the molecule is [C-]#[N+]c1c(N2CCC2C(F)(F)F)nc(N2CC(CC(O)OC)C2)c2c1C(F)(F)CC2. The van der Waals surface area contributed by atoms with E-state index in [2.05, 4.69) is 9.83 Å². The largest absolute Gasteiger partial charge is 0.408 e. The fourth-order valence-corrected chi connectivity index (χ4v) is 4.45. The average Bonchev–Trinajstić information content (AvgIpc) is 2.90. The fourth-order valence-electron chi connectivity index (χ4n) is 4.45. The molecule has 2 aliphatic heterocycles. The summed E-state index contributed by atoms with van der Waals surface area (Å²) in [6.07, 6.45) is -5.75. The molecule has 0 amide bonds. The maximum Gasteiger partial charge on any atom is 0.408 e. The molecule has 3 aliphatic rings. The van der Waals surface area contributed by atoms with Crippen LogP contribution < -0.4 is 9.80 Å². The van der Waals surface area contributed by atoms with Crippen molar-refractivity contribution in [1.82, 2.24) is 4.98 Å². The van der Waals surface area contributed by atoms with Gasteiger partial charge in [-0.25, -0.2) is 18.6 Å². The van der Waals surface area contributed by atoms with E-state index >= 15 is 0 Å². The van der Waals surface area contributed by atoms with Crippen LogP contribution >= 0.6 is 0 Å². The minimum atomic E-state index is -4.53. The Bertz CT molecular complexity index is 879. The minimum absolute atomic E-state index is 0.00610. The van der Waals surface area contributed by atoms with E-state index in [-0.39, 0.29) is 42.5 Å². The zero-order chi connectivity index (χ0) is 21.8. The summed E-state index contributed by atoms with van der Waals surface area (Å²) in [4.78, 5) is 10.2. The summed E-state index contributed by atoms with van der Waals surface area (Å²) in [6, 6.07) is -1.83. The number of aliphatic hydroxyl groups is 1. The maximum absolute atomic E-state index is 14.7. The van der Waals surface area contributed by atoms with Gasteiger partial charge in [0.2, 0.25) is 5.69 Å². The lowest BCUT2D eigenvalue weighted by Gasteiger charge is -2.45. The molecule has 1 aliphatic carbocycles. The van der Waals surface area contributed by atoms with E-state index < -0.39 is 42.1 Å². The zero-order valence-corrected chi connectivity index (χ0v) is 16.2. The van der Waals surface area contributed by atoms with E-state index in [1.54, 1.807) is 4.90 Å². The van der Waals surface area contributed by atoms with Gasteiger partial charge in [0.15, 0.2) is 6.29 Å². The molecule has 0 saturated carbocycles. The smallest absolute Gasteiger partial charge is 0.368 e. The first-order valence-electron chi connectivity index (χ1n) is 9.68. The first kappa shape index (κ1) is 21.1. The van der Waals surface area contributed by atoms with Crippen molar-refractivity contribution < 1.29 is 31.8 Å². The number of aliphatic hydroxyl groups excluding tert-OH is 1. The van der Waals surface area contributed by atoms with Gasteiger partial charge in [0.25, 0.3) is 5.92 Å². The molecule has 164 valence electrons. The Morgan fingerprint density at radius 2 is 2.03 bits per heavy atom. The molecule has 0 bridgehead atoms. The second kappa shape index (κ2) is 7.20. The number of nitrogens with zero attached hydrogens (tertiary/aromatic N) is 4. The molecule has 1 N–H and O–H groups in total. The van der Waals surface area contributed by atoms with Gasteiger partial charge in [0.1, 0.15) is 17.7 Å². The monoisotopic (exact) mass is 432 g/mol. The number of pyridine rings is 1. The van der Waals surface area contributed by atoms with E-state index in [0.717, 1.165) is 4.90 Å². The van der Waals surface area contributed by atoms with Crippen LogP contribution in [-0.4, -0.2) is 55.3 Å². The lowest BCUT2D eigenvalue weighted by atomic mass is 9.94. The zero-order valence-electron chi connectivity index (χ0n) is 16.2. The molecule has 2 saturated heterocycles.